The number of benzene rings is 1. The second-order valence-corrected chi connectivity index (χ2v) is 6.68. The summed E-state index contributed by atoms with van der Waals surface area (Å²) in [5.41, 5.74) is -0.688. The van der Waals surface area contributed by atoms with Crippen molar-refractivity contribution in [2.75, 3.05) is 13.7 Å². The molecule has 1 aromatic carbocycles. The topological polar surface area (TPSA) is 49.8 Å². The van der Waals surface area contributed by atoms with Gasteiger partial charge in [-0.2, -0.15) is 0 Å². The van der Waals surface area contributed by atoms with Crippen LogP contribution in [0.1, 0.15) is 31.2 Å². The Morgan fingerprint density at radius 2 is 2.00 bits per heavy atom. The van der Waals surface area contributed by atoms with Crippen LogP contribution in [0.5, 0.6) is 0 Å². The maximum Gasteiger partial charge on any atom is 0.319 e. The van der Waals surface area contributed by atoms with Gasteiger partial charge in [-0.1, -0.05) is 6.07 Å². The first-order valence-electron chi connectivity index (χ1n) is 7.89. The predicted molar refractivity (Wildman–Crippen MR) is 79.8 cm³/mol. The third-order valence-electron chi connectivity index (χ3n) is 5.08. The van der Waals surface area contributed by atoms with Crippen molar-refractivity contribution >= 4 is 5.97 Å². The van der Waals surface area contributed by atoms with Gasteiger partial charge in [0.05, 0.1) is 19.3 Å². The Kier molecular flexibility index (Phi) is 4.38. The predicted octanol–water partition coefficient (Wildman–Crippen LogP) is 2.04. The van der Waals surface area contributed by atoms with Gasteiger partial charge in [0, 0.05) is 24.6 Å². The molecule has 2 aliphatic heterocycles. The Balaban J connectivity index is 1.72. The molecule has 4 nitrogen and oxygen atoms in total. The van der Waals surface area contributed by atoms with Gasteiger partial charge in [-0.15, -0.1) is 0 Å². The normalized spacial score (nSPS) is 30.4. The lowest BCUT2D eigenvalue weighted by Gasteiger charge is -2.43. The van der Waals surface area contributed by atoms with Crippen molar-refractivity contribution < 1.29 is 23.4 Å². The van der Waals surface area contributed by atoms with Crippen LogP contribution in [0.25, 0.3) is 0 Å². The van der Waals surface area contributed by atoms with E-state index in [9.17, 15) is 18.7 Å². The molecule has 2 bridgehead atoms. The van der Waals surface area contributed by atoms with Crippen LogP contribution in [0, 0.1) is 11.6 Å². The molecular weight excluding hydrogens is 304 g/mol. The number of nitrogens with zero attached hydrogens (tertiary/aromatic N) is 1. The summed E-state index contributed by atoms with van der Waals surface area (Å²) < 4.78 is 31.6. The van der Waals surface area contributed by atoms with Crippen molar-refractivity contribution in [3.05, 3.63) is 35.4 Å². The van der Waals surface area contributed by atoms with Crippen LogP contribution in [-0.4, -0.2) is 47.3 Å². The minimum atomic E-state index is -1.02. The standard InChI is InChI=1S/C17H21F2NO3/c1-23-16(21)10-20-13-4-5-14(20)9-17(22,8-13)7-11-2-3-12(18)6-15(11)19/h2-3,6,13-14,22H,4-5,7-10H2,1H3. The van der Waals surface area contributed by atoms with Crippen LogP contribution >= 0.6 is 0 Å². The zero-order valence-electron chi connectivity index (χ0n) is 13.1. The maximum absolute atomic E-state index is 13.9. The minimum absolute atomic E-state index is 0.0985. The summed E-state index contributed by atoms with van der Waals surface area (Å²) in [7, 11) is 1.36. The lowest BCUT2D eigenvalue weighted by molar-refractivity contribution is -0.145. The molecule has 126 valence electrons. The quantitative estimate of drug-likeness (QED) is 0.861. The van der Waals surface area contributed by atoms with E-state index in [-0.39, 0.29) is 31.0 Å². The minimum Gasteiger partial charge on any atom is -0.468 e. The fourth-order valence-corrected chi connectivity index (χ4v) is 4.05. The molecule has 2 fully saturated rings. The molecule has 3 rings (SSSR count). The smallest absolute Gasteiger partial charge is 0.319 e. The molecule has 2 saturated heterocycles. The van der Waals surface area contributed by atoms with Crippen molar-refractivity contribution in [2.24, 2.45) is 0 Å². The number of aliphatic hydroxyl groups is 1. The van der Waals surface area contributed by atoms with Crippen LogP contribution in [0.4, 0.5) is 8.78 Å². The Morgan fingerprint density at radius 1 is 1.35 bits per heavy atom. The van der Waals surface area contributed by atoms with E-state index in [1.54, 1.807) is 0 Å². The van der Waals surface area contributed by atoms with Crippen LogP contribution in [0.2, 0.25) is 0 Å². The highest BCUT2D eigenvalue weighted by atomic mass is 19.1. The molecular formula is C17H21F2NO3. The van der Waals surface area contributed by atoms with E-state index in [1.165, 1.54) is 19.2 Å². The van der Waals surface area contributed by atoms with Crippen LogP contribution in [-0.2, 0) is 16.0 Å². The van der Waals surface area contributed by atoms with Gasteiger partial charge in [-0.3, -0.25) is 9.69 Å². The Hall–Kier alpha value is -1.53. The molecule has 2 atom stereocenters. The summed E-state index contributed by atoms with van der Waals surface area (Å²) in [4.78, 5) is 13.6. The van der Waals surface area contributed by atoms with E-state index in [1.807, 2.05) is 0 Å². The van der Waals surface area contributed by atoms with E-state index in [0.29, 0.717) is 18.4 Å². The fraction of sp³-hybridized carbons (Fsp3) is 0.588. The van der Waals surface area contributed by atoms with Gasteiger partial charge in [0.15, 0.2) is 0 Å². The van der Waals surface area contributed by atoms with Crippen LogP contribution in [0.15, 0.2) is 18.2 Å². The van der Waals surface area contributed by atoms with E-state index >= 15 is 0 Å². The number of halogens is 2. The van der Waals surface area contributed by atoms with Gasteiger partial charge in [0.25, 0.3) is 0 Å². The maximum atomic E-state index is 13.9. The van der Waals surface area contributed by atoms with Gasteiger partial charge in [-0.25, -0.2) is 8.78 Å². The van der Waals surface area contributed by atoms with E-state index in [2.05, 4.69) is 4.90 Å². The number of ether oxygens (including phenoxy) is 1. The number of hydrogen-bond acceptors (Lipinski definition) is 4. The van der Waals surface area contributed by atoms with Gasteiger partial charge >= 0.3 is 5.97 Å². The second kappa shape index (κ2) is 6.17. The summed E-state index contributed by atoms with van der Waals surface area (Å²) in [5.74, 6) is -1.52. The molecule has 2 unspecified atom stereocenters. The first kappa shape index (κ1) is 16.3. The molecule has 1 N–H and O–H groups in total. The first-order chi connectivity index (χ1) is 10.9. The summed E-state index contributed by atoms with van der Waals surface area (Å²) in [6.45, 7) is 0.229. The number of fused-ring (bicyclic) bond motifs is 2. The molecule has 0 saturated carbocycles. The molecule has 1 aromatic rings. The monoisotopic (exact) mass is 325 g/mol. The molecule has 2 aliphatic rings. The summed E-state index contributed by atoms with van der Waals surface area (Å²) >= 11 is 0. The van der Waals surface area contributed by atoms with Crippen LogP contribution < -0.4 is 0 Å². The number of rotatable bonds is 4. The van der Waals surface area contributed by atoms with E-state index < -0.39 is 17.2 Å². The fourth-order valence-electron chi connectivity index (χ4n) is 4.05. The largest absolute Gasteiger partial charge is 0.468 e. The van der Waals surface area contributed by atoms with Gasteiger partial charge in [-0.05, 0) is 37.3 Å². The molecule has 23 heavy (non-hydrogen) atoms. The lowest BCUT2D eigenvalue weighted by atomic mass is 9.81. The zero-order chi connectivity index (χ0) is 16.6. The van der Waals surface area contributed by atoms with Crippen molar-refractivity contribution in [3.63, 3.8) is 0 Å². The van der Waals surface area contributed by atoms with Gasteiger partial charge < -0.3 is 9.84 Å². The van der Waals surface area contributed by atoms with Crippen molar-refractivity contribution in [3.8, 4) is 0 Å². The molecule has 0 aromatic heterocycles. The molecule has 0 amide bonds. The first-order valence-corrected chi connectivity index (χ1v) is 7.89. The zero-order valence-corrected chi connectivity index (χ0v) is 13.1. The van der Waals surface area contributed by atoms with Gasteiger partial charge in [0.1, 0.15) is 11.6 Å². The van der Waals surface area contributed by atoms with Crippen molar-refractivity contribution in [1.29, 1.82) is 0 Å². The SMILES string of the molecule is COC(=O)CN1C2CCC1CC(O)(Cc1ccc(F)cc1F)C2. The molecule has 2 heterocycles. The number of piperidine rings is 1. The number of methoxy groups -OCH3 is 1. The second-order valence-electron chi connectivity index (χ2n) is 6.68. The summed E-state index contributed by atoms with van der Waals surface area (Å²) in [6.07, 6.45) is 2.96. The summed E-state index contributed by atoms with van der Waals surface area (Å²) in [6, 6.07) is 3.65. The van der Waals surface area contributed by atoms with Crippen molar-refractivity contribution in [1.82, 2.24) is 4.90 Å². The van der Waals surface area contributed by atoms with Crippen LogP contribution in [0.3, 0.4) is 0 Å². The number of carbonyl (C=O) groups excluding carboxylic acids is 1. The molecule has 0 spiro atoms. The highest BCUT2D eigenvalue weighted by Gasteiger charge is 2.48. The Labute approximate surface area is 134 Å². The lowest BCUT2D eigenvalue weighted by Crippen LogP contribution is -2.53. The molecule has 6 heteroatoms. The molecule has 0 radical (unpaired) electrons. The number of carbonyl (C=O) groups is 1. The van der Waals surface area contributed by atoms with Gasteiger partial charge in [0.2, 0.25) is 0 Å². The highest BCUT2D eigenvalue weighted by Crippen LogP contribution is 2.42. The van der Waals surface area contributed by atoms with Crippen molar-refractivity contribution in [2.45, 2.75) is 49.8 Å². The number of hydrogen-bond donors (Lipinski definition) is 1. The highest BCUT2D eigenvalue weighted by molar-refractivity contribution is 5.71. The van der Waals surface area contributed by atoms with E-state index in [4.69, 9.17) is 4.74 Å². The molecule has 0 aliphatic carbocycles. The average molecular weight is 325 g/mol. The average Bonchev–Trinajstić information content (AvgIpc) is 2.74. The summed E-state index contributed by atoms with van der Waals surface area (Å²) in [5, 5.41) is 10.9. The Bertz CT molecular complexity index is 594. The Morgan fingerprint density at radius 3 is 2.57 bits per heavy atom. The third kappa shape index (κ3) is 3.38. The van der Waals surface area contributed by atoms with E-state index in [0.717, 1.165) is 18.9 Å². The number of esters is 1. The third-order valence-corrected chi connectivity index (χ3v) is 5.08.